The Morgan fingerprint density at radius 1 is 1.27 bits per heavy atom. The quantitative estimate of drug-likeness (QED) is 0.798. The molecule has 1 aromatic carbocycles. The van der Waals surface area contributed by atoms with Gasteiger partial charge in [-0.25, -0.2) is 0 Å². The Kier molecular flexibility index (Phi) is 3.48. The lowest BCUT2D eigenvalue weighted by atomic mass is 9.86. The number of benzene rings is 1. The third-order valence-electron chi connectivity index (χ3n) is 5.54. The number of aromatic amines is 1. The average Bonchev–Trinajstić information content (AvgIpc) is 2.92. The lowest BCUT2D eigenvalue weighted by Gasteiger charge is -2.32. The van der Waals surface area contributed by atoms with Gasteiger partial charge in [0.25, 0.3) is 0 Å². The van der Waals surface area contributed by atoms with Gasteiger partial charge in [-0.3, -0.25) is 0 Å². The number of para-hydroxylation sites is 1. The van der Waals surface area contributed by atoms with Gasteiger partial charge in [0.1, 0.15) is 0 Å². The van der Waals surface area contributed by atoms with Gasteiger partial charge in [0, 0.05) is 29.7 Å². The Labute approximate surface area is 133 Å². The van der Waals surface area contributed by atoms with E-state index in [1.165, 1.54) is 42.4 Å². The zero-order valence-electron chi connectivity index (χ0n) is 13.7. The van der Waals surface area contributed by atoms with Crippen molar-refractivity contribution in [2.24, 2.45) is 5.92 Å². The molecule has 22 heavy (non-hydrogen) atoms. The Morgan fingerprint density at radius 3 is 3.00 bits per heavy atom. The second-order valence-corrected chi connectivity index (χ2v) is 7.16. The van der Waals surface area contributed by atoms with Crippen LogP contribution >= 0.6 is 0 Å². The minimum Gasteiger partial charge on any atom is -0.377 e. The second-order valence-electron chi connectivity index (χ2n) is 7.16. The normalized spacial score (nSPS) is 25.2. The Balaban J connectivity index is 1.76. The molecule has 2 aliphatic heterocycles. The number of nitrogens with one attached hydrogen (secondary N) is 1. The van der Waals surface area contributed by atoms with Crippen molar-refractivity contribution in [1.29, 1.82) is 0 Å². The van der Waals surface area contributed by atoms with Gasteiger partial charge in [0.15, 0.2) is 0 Å². The lowest BCUT2D eigenvalue weighted by molar-refractivity contribution is 0.267. The smallest absolute Gasteiger partial charge is 0.0459 e. The predicted octanol–water partition coefficient (Wildman–Crippen LogP) is 4.83. The first kappa shape index (κ1) is 13.9. The highest BCUT2D eigenvalue weighted by atomic mass is 15.1. The first-order valence-corrected chi connectivity index (χ1v) is 8.77. The van der Waals surface area contributed by atoms with Crippen LogP contribution in [-0.4, -0.2) is 23.0 Å². The molecule has 0 amide bonds. The van der Waals surface area contributed by atoms with Crippen LogP contribution in [0, 0.1) is 5.92 Å². The van der Waals surface area contributed by atoms with Crippen LogP contribution in [0.25, 0.3) is 10.9 Å². The molecule has 2 aromatic rings. The monoisotopic (exact) mass is 294 g/mol. The van der Waals surface area contributed by atoms with E-state index in [-0.39, 0.29) is 0 Å². The van der Waals surface area contributed by atoms with Crippen LogP contribution in [0.1, 0.15) is 50.3 Å². The molecule has 3 heterocycles. The highest BCUT2D eigenvalue weighted by Gasteiger charge is 2.26. The van der Waals surface area contributed by atoms with Gasteiger partial charge in [-0.1, -0.05) is 37.6 Å². The highest BCUT2D eigenvalue weighted by molar-refractivity contribution is 5.84. The van der Waals surface area contributed by atoms with E-state index < -0.39 is 0 Å². The maximum atomic E-state index is 3.73. The lowest BCUT2D eigenvalue weighted by Crippen LogP contribution is -2.31. The molecule has 1 N–H and O–H groups in total. The third-order valence-corrected chi connectivity index (χ3v) is 5.54. The van der Waals surface area contributed by atoms with Gasteiger partial charge in [-0.2, -0.15) is 0 Å². The molecule has 2 heteroatoms. The summed E-state index contributed by atoms with van der Waals surface area (Å²) in [4.78, 5) is 6.31. The Bertz CT molecular complexity index is 710. The van der Waals surface area contributed by atoms with E-state index in [0.717, 1.165) is 18.9 Å². The van der Waals surface area contributed by atoms with Gasteiger partial charge >= 0.3 is 0 Å². The van der Waals surface area contributed by atoms with Crippen LogP contribution in [0.4, 0.5) is 0 Å². The number of nitrogens with zero attached hydrogens (tertiary/aromatic N) is 1. The van der Waals surface area contributed by atoms with Crippen LogP contribution in [0.2, 0.25) is 0 Å². The van der Waals surface area contributed by atoms with Crippen molar-refractivity contribution in [2.75, 3.05) is 13.1 Å². The highest BCUT2D eigenvalue weighted by Crippen LogP contribution is 2.36. The zero-order chi connectivity index (χ0) is 15.1. The van der Waals surface area contributed by atoms with Crippen molar-refractivity contribution < 1.29 is 0 Å². The fourth-order valence-electron chi connectivity index (χ4n) is 4.46. The number of hydrogen-bond donors (Lipinski definition) is 1. The number of aromatic nitrogens is 1. The molecule has 0 spiro atoms. The van der Waals surface area contributed by atoms with Crippen LogP contribution < -0.4 is 0 Å². The molecule has 2 unspecified atom stereocenters. The van der Waals surface area contributed by atoms with E-state index >= 15 is 0 Å². The molecular weight excluding hydrogens is 268 g/mol. The minimum atomic E-state index is 0.628. The summed E-state index contributed by atoms with van der Waals surface area (Å²) >= 11 is 0. The maximum absolute atomic E-state index is 3.73. The van der Waals surface area contributed by atoms with Crippen LogP contribution in [-0.2, 0) is 6.42 Å². The van der Waals surface area contributed by atoms with Crippen LogP contribution in [0.3, 0.4) is 0 Å². The van der Waals surface area contributed by atoms with Gasteiger partial charge in [-0.05, 0) is 55.3 Å². The Hall–Kier alpha value is -1.70. The first-order valence-electron chi connectivity index (χ1n) is 8.77. The van der Waals surface area contributed by atoms with Crippen molar-refractivity contribution in [1.82, 2.24) is 9.88 Å². The van der Waals surface area contributed by atoms with E-state index in [1.807, 2.05) is 0 Å². The zero-order valence-corrected chi connectivity index (χ0v) is 13.7. The Morgan fingerprint density at radius 2 is 2.14 bits per heavy atom. The predicted molar refractivity (Wildman–Crippen MR) is 93.1 cm³/mol. The molecule has 0 fully saturated rings. The van der Waals surface area contributed by atoms with Crippen molar-refractivity contribution in [3.05, 3.63) is 47.3 Å². The van der Waals surface area contributed by atoms with Gasteiger partial charge in [0.2, 0.25) is 0 Å². The third kappa shape index (κ3) is 2.35. The molecule has 4 rings (SSSR count). The molecule has 2 aliphatic rings. The molecule has 0 radical (unpaired) electrons. The van der Waals surface area contributed by atoms with Crippen LogP contribution in [0.15, 0.2) is 36.0 Å². The first-order chi connectivity index (χ1) is 10.7. The molecule has 116 valence electrons. The summed E-state index contributed by atoms with van der Waals surface area (Å²) in [5.41, 5.74) is 6.00. The number of hydrogen-bond acceptors (Lipinski definition) is 1. The van der Waals surface area contributed by atoms with Crippen molar-refractivity contribution in [3.8, 4) is 0 Å². The largest absolute Gasteiger partial charge is 0.377 e. The maximum Gasteiger partial charge on any atom is 0.0459 e. The molecule has 1 aromatic heterocycles. The molecule has 0 saturated carbocycles. The van der Waals surface area contributed by atoms with Crippen molar-refractivity contribution in [2.45, 2.75) is 45.4 Å². The fourth-order valence-corrected chi connectivity index (χ4v) is 4.46. The molecule has 2 bridgehead atoms. The summed E-state index contributed by atoms with van der Waals surface area (Å²) in [6.45, 7) is 7.11. The molecule has 0 saturated heterocycles. The molecule has 2 nitrogen and oxygen atoms in total. The number of fused-ring (bicyclic) bond motifs is 5. The summed E-state index contributed by atoms with van der Waals surface area (Å²) in [5, 5.41) is 1.43. The SMILES string of the molecule is CCC1=CN2CCc3c([nH]c4ccccc34)C(C)CC(C1)C2. The number of rotatable bonds is 1. The van der Waals surface area contributed by atoms with E-state index in [4.69, 9.17) is 0 Å². The van der Waals surface area contributed by atoms with Gasteiger partial charge < -0.3 is 9.88 Å². The summed E-state index contributed by atoms with van der Waals surface area (Å²) in [6.07, 6.45) is 7.40. The van der Waals surface area contributed by atoms with Crippen LogP contribution in [0.5, 0.6) is 0 Å². The van der Waals surface area contributed by atoms with E-state index in [1.54, 1.807) is 11.1 Å². The van der Waals surface area contributed by atoms with Gasteiger partial charge in [0.05, 0.1) is 0 Å². The molecule has 2 atom stereocenters. The van der Waals surface area contributed by atoms with E-state index in [0.29, 0.717) is 5.92 Å². The molecular formula is C20H26N2. The topological polar surface area (TPSA) is 19.0 Å². The summed E-state index contributed by atoms with van der Waals surface area (Å²) < 4.78 is 0. The molecule has 0 aliphatic carbocycles. The standard InChI is InChI=1S/C20H26N2/c1-3-15-11-16-10-14(2)20-18(8-9-22(12-15)13-16)17-6-4-5-7-19(17)21-20/h4-7,12,14,16,21H,3,8-11,13H2,1-2H3. The summed E-state index contributed by atoms with van der Waals surface area (Å²) in [7, 11) is 0. The second kappa shape index (κ2) is 5.49. The summed E-state index contributed by atoms with van der Waals surface area (Å²) in [6, 6.07) is 8.81. The van der Waals surface area contributed by atoms with Gasteiger partial charge in [-0.15, -0.1) is 0 Å². The number of H-pyrrole nitrogens is 1. The summed E-state index contributed by atoms with van der Waals surface area (Å²) in [5.74, 6) is 1.44. The van der Waals surface area contributed by atoms with E-state index in [9.17, 15) is 0 Å². The number of allylic oxidation sites excluding steroid dienone is 1. The fraction of sp³-hybridized carbons (Fsp3) is 0.500. The van der Waals surface area contributed by atoms with E-state index in [2.05, 4.69) is 54.2 Å². The van der Waals surface area contributed by atoms with Crippen molar-refractivity contribution >= 4 is 10.9 Å². The van der Waals surface area contributed by atoms with Crippen molar-refractivity contribution in [3.63, 3.8) is 0 Å². The average molecular weight is 294 g/mol. The minimum absolute atomic E-state index is 0.628.